The normalized spacial score (nSPS) is 13.4. The van der Waals surface area contributed by atoms with E-state index in [-0.39, 0.29) is 23.6 Å². The summed E-state index contributed by atoms with van der Waals surface area (Å²) in [6, 6.07) is 6.79. The molecule has 10 heteroatoms. The number of alkyl halides is 3. The van der Waals surface area contributed by atoms with Gasteiger partial charge in [0.25, 0.3) is 0 Å². The van der Waals surface area contributed by atoms with Gasteiger partial charge in [-0.05, 0) is 29.7 Å². The van der Waals surface area contributed by atoms with Crippen LogP contribution in [0.3, 0.4) is 0 Å². The van der Waals surface area contributed by atoms with Crippen LogP contribution >= 0.6 is 0 Å². The van der Waals surface area contributed by atoms with Gasteiger partial charge in [0.1, 0.15) is 0 Å². The zero-order chi connectivity index (χ0) is 19.0. The molecule has 4 rings (SSSR count). The SMILES string of the molecule is Nc1nnc(-c2ccc3c(c2)C(c2nccc(OCC(F)(F)F)n2)=CC3)o1. The molecule has 2 heterocycles. The zero-order valence-electron chi connectivity index (χ0n) is 13.7. The number of benzene rings is 1. The van der Waals surface area contributed by atoms with Crippen molar-refractivity contribution in [2.45, 2.75) is 12.6 Å². The van der Waals surface area contributed by atoms with E-state index in [1.807, 2.05) is 24.3 Å². The predicted molar refractivity (Wildman–Crippen MR) is 88.5 cm³/mol. The van der Waals surface area contributed by atoms with Gasteiger partial charge in [-0.2, -0.15) is 18.2 Å². The Kier molecular flexibility index (Phi) is 4.02. The smallest absolute Gasteiger partial charge is 0.422 e. The standard InChI is InChI=1S/C17H12F3N5O2/c18-17(19,20)8-26-13-5-6-22-14(23-13)11-4-3-9-1-2-10(7-12(9)11)15-24-25-16(21)27-15/h1-2,4-7H,3,8H2,(H2,21,25). The maximum atomic E-state index is 12.3. The topological polar surface area (TPSA) is 100.0 Å². The molecular weight excluding hydrogens is 363 g/mol. The second-order valence-corrected chi connectivity index (χ2v) is 5.76. The highest BCUT2D eigenvalue weighted by atomic mass is 19.4. The van der Waals surface area contributed by atoms with Gasteiger partial charge in [0.2, 0.25) is 11.8 Å². The van der Waals surface area contributed by atoms with E-state index in [9.17, 15) is 13.2 Å². The molecule has 27 heavy (non-hydrogen) atoms. The van der Waals surface area contributed by atoms with Gasteiger partial charge in [0.15, 0.2) is 12.4 Å². The summed E-state index contributed by atoms with van der Waals surface area (Å²) in [5.41, 5.74) is 8.66. The molecule has 138 valence electrons. The number of rotatable bonds is 4. The lowest BCUT2D eigenvalue weighted by atomic mass is 10.0. The number of hydrogen-bond donors (Lipinski definition) is 1. The highest BCUT2D eigenvalue weighted by Crippen LogP contribution is 2.34. The van der Waals surface area contributed by atoms with Gasteiger partial charge in [-0.3, -0.25) is 0 Å². The summed E-state index contributed by atoms with van der Waals surface area (Å²) >= 11 is 0. The third-order valence-corrected chi connectivity index (χ3v) is 3.87. The van der Waals surface area contributed by atoms with E-state index in [1.165, 1.54) is 12.3 Å². The molecule has 0 aliphatic heterocycles. The lowest BCUT2D eigenvalue weighted by Gasteiger charge is -2.10. The van der Waals surface area contributed by atoms with E-state index in [0.717, 1.165) is 11.1 Å². The van der Waals surface area contributed by atoms with Crippen LogP contribution in [-0.2, 0) is 6.42 Å². The van der Waals surface area contributed by atoms with Crippen molar-refractivity contribution in [3.8, 4) is 17.3 Å². The molecule has 1 aromatic carbocycles. The van der Waals surface area contributed by atoms with Gasteiger partial charge in [-0.15, -0.1) is 5.10 Å². The highest BCUT2D eigenvalue weighted by molar-refractivity contribution is 5.83. The number of fused-ring (bicyclic) bond motifs is 1. The van der Waals surface area contributed by atoms with Crippen molar-refractivity contribution in [3.05, 3.63) is 53.5 Å². The highest BCUT2D eigenvalue weighted by Gasteiger charge is 2.29. The van der Waals surface area contributed by atoms with E-state index in [1.54, 1.807) is 0 Å². The van der Waals surface area contributed by atoms with Crippen LogP contribution in [0.5, 0.6) is 5.88 Å². The first-order valence-electron chi connectivity index (χ1n) is 7.85. The Labute approximate surface area is 150 Å². The average Bonchev–Trinajstić information content (AvgIpc) is 3.25. The van der Waals surface area contributed by atoms with Gasteiger partial charge in [-0.25, -0.2) is 4.98 Å². The quantitative estimate of drug-likeness (QED) is 0.748. The summed E-state index contributed by atoms with van der Waals surface area (Å²) in [5, 5.41) is 7.48. The van der Waals surface area contributed by atoms with Gasteiger partial charge in [0, 0.05) is 23.4 Å². The molecular formula is C17H12F3N5O2. The minimum absolute atomic E-state index is 0.0425. The predicted octanol–water partition coefficient (Wildman–Crippen LogP) is 3.04. The number of ether oxygens (including phenoxy) is 1. The minimum Gasteiger partial charge on any atom is -0.468 e. The molecule has 0 unspecified atom stereocenters. The first-order chi connectivity index (χ1) is 12.9. The van der Waals surface area contributed by atoms with E-state index < -0.39 is 12.8 Å². The number of anilines is 1. The molecule has 0 amide bonds. The number of nitrogens with zero attached hydrogens (tertiary/aromatic N) is 4. The average molecular weight is 375 g/mol. The molecule has 7 nitrogen and oxygen atoms in total. The molecule has 1 aliphatic rings. The van der Waals surface area contributed by atoms with Crippen LogP contribution in [0, 0.1) is 0 Å². The summed E-state index contributed by atoms with van der Waals surface area (Å²) in [5.74, 6) is 0.396. The number of nitrogen functional groups attached to an aromatic ring is 1. The van der Waals surface area contributed by atoms with Crippen LogP contribution in [0.15, 0.2) is 41.0 Å². The summed E-state index contributed by atoms with van der Waals surface area (Å²) < 4.78 is 47.0. The molecule has 0 radical (unpaired) electrons. The van der Waals surface area contributed by atoms with Crippen molar-refractivity contribution in [1.82, 2.24) is 20.2 Å². The number of nitrogens with two attached hydrogens (primary N) is 1. The van der Waals surface area contributed by atoms with Crippen molar-refractivity contribution in [2.24, 2.45) is 0 Å². The van der Waals surface area contributed by atoms with Crippen molar-refractivity contribution in [2.75, 3.05) is 12.3 Å². The molecule has 0 saturated carbocycles. The Hall–Kier alpha value is -3.43. The summed E-state index contributed by atoms with van der Waals surface area (Å²) in [7, 11) is 0. The lowest BCUT2D eigenvalue weighted by molar-refractivity contribution is -0.154. The molecule has 0 saturated heterocycles. The molecule has 0 atom stereocenters. The Balaban J connectivity index is 1.64. The van der Waals surface area contributed by atoms with Gasteiger partial charge < -0.3 is 14.9 Å². The molecule has 3 aromatic rings. The minimum atomic E-state index is -4.44. The van der Waals surface area contributed by atoms with Gasteiger partial charge in [0.05, 0.1) is 0 Å². The molecule has 1 aliphatic carbocycles. The second kappa shape index (κ2) is 6.38. The molecule has 0 bridgehead atoms. The second-order valence-electron chi connectivity index (χ2n) is 5.76. The van der Waals surface area contributed by atoms with Crippen LogP contribution in [0.25, 0.3) is 17.0 Å². The van der Waals surface area contributed by atoms with E-state index in [4.69, 9.17) is 14.9 Å². The van der Waals surface area contributed by atoms with E-state index in [2.05, 4.69) is 20.2 Å². The Morgan fingerprint density at radius 2 is 2.04 bits per heavy atom. The third kappa shape index (κ3) is 3.59. The number of allylic oxidation sites excluding steroid dienone is 1. The van der Waals surface area contributed by atoms with Crippen molar-refractivity contribution in [3.63, 3.8) is 0 Å². The first-order valence-corrected chi connectivity index (χ1v) is 7.85. The zero-order valence-corrected chi connectivity index (χ0v) is 13.7. The molecule has 0 fully saturated rings. The molecule has 2 N–H and O–H groups in total. The largest absolute Gasteiger partial charge is 0.468 e. The summed E-state index contributed by atoms with van der Waals surface area (Å²) in [4.78, 5) is 8.25. The van der Waals surface area contributed by atoms with E-state index in [0.29, 0.717) is 17.6 Å². The third-order valence-electron chi connectivity index (χ3n) is 3.87. The Morgan fingerprint density at radius 1 is 1.19 bits per heavy atom. The number of aromatic nitrogens is 4. The molecule has 0 spiro atoms. The summed E-state index contributed by atoms with van der Waals surface area (Å²) in [6.07, 6.45) is -0.534. The number of halogens is 3. The van der Waals surface area contributed by atoms with Gasteiger partial charge >= 0.3 is 12.2 Å². The fourth-order valence-corrected chi connectivity index (χ4v) is 2.73. The summed E-state index contributed by atoms with van der Waals surface area (Å²) in [6.45, 7) is -1.41. The fraction of sp³-hybridized carbons (Fsp3) is 0.176. The first kappa shape index (κ1) is 17.0. The monoisotopic (exact) mass is 375 g/mol. The van der Waals surface area contributed by atoms with E-state index >= 15 is 0 Å². The van der Waals surface area contributed by atoms with Crippen LogP contribution < -0.4 is 10.5 Å². The van der Waals surface area contributed by atoms with Crippen molar-refractivity contribution >= 4 is 11.6 Å². The Morgan fingerprint density at radius 3 is 2.78 bits per heavy atom. The maximum absolute atomic E-state index is 12.3. The maximum Gasteiger partial charge on any atom is 0.422 e. The van der Waals surface area contributed by atoms with Crippen LogP contribution in [0.1, 0.15) is 17.0 Å². The fourth-order valence-electron chi connectivity index (χ4n) is 2.73. The van der Waals surface area contributed by atoms with Crippen LogP contribution in [0.2, 0.25) is 0 Å². The van der Waals surface area contributed by atoms with Crippen molar-refractivity contribution < 1.29 is 22.3 Å². The molecule has 2 aromatic heterocycles. The van der Waals surface area contributed by atoms with Gasteiger partial charge in [-0.1, -0.05) is 17.2 Å². The van der Waals surface area contributed by atoms with Crippen LogP contribution in [0.4, 0.5) is 19.2 Å². The number of hydrogen-bond acceptors (Lipinski definition) is 7. The van der Waals surface area contributed by atoms with Crippen molar-refractivity contribution in [1.29, 1.82) is 0 Å². The lowest BCUT2D eigenvalue weighted by Crippen LogP contribution is -2.19. The van der Waals surface area contributed by atoms with Crippen LogP contribution in [-0.4, -0.2) is 32.9 Å². The Bertz CT molecular complexity index is 1030.